The van der Waals surface area contributed by atoms with Gasteiger partial charge in [-0.05, 0) is 0 Å². The van der Waals surface area contributed by atoms with Gasteiger partial charge in [0.1, 0.15) is 0 Å². The molecule has 0 spiro atoms. The van der Waals surface area contributed by atoms with Gasteiger partial charge in [0.25, 0.3) is 0 Å². The maximum Gasteiger partial charge on any atom is -0.147 e. The fourth-order valence-electron chi connectivity index (χ4n) is 9.40. The molecule has 0 N–H and O–H groups in total. The topological polar surface area (TPSA) is 0 Å². The van der Waals surface area contributed by atoms with E-state index in [4.69, 9.17) is 0 Å². The van der Waals surface area contributed by atoms with Gasteiger partial charge in [-0.3, -0.25) is 0 Å². The largest absolute Gasteiger partial charge is 0.147 e. The number of rotatable bonds is 4. The van der Waals surface area contributed by atoms with E-state index in [2.05, 4.69) is 200 Å². The van der Waals surface area contributed by atoms with Crippen molar-refractivity contribution in [1.82, 2.24) is 0 Å². The Balaban J connectivity index is 0.000000331. The molecule has 4 aliphatic rings. The van der Waals surface area contributed by atoms with Crippen molar-refractivity contribution in [1.29, 1.82) is 0 Å². The van der Waals surface area contributed by atoms with Crippen molar-refractivity contribution in [3.8, 4) is 22.3 Å². The fourth-order valence-corrected chi connectivity index (χ4v) is 21.1. The van der Waals surface area contributed by atoms with Gasteiger partial charge in [0.15, 0.2) is 0 Å². The van der Waals surface area contributed by atoms with E-state index in [9.17, 15) is 0 Å². The summed E-state index contributed by atoms with van der Waals surface area (Å²) in [7, 11) is 0. The quantitative estimate of drug-likeness (QED) is 0.191. The Hall–Kier alpha value is -1.49. The van der Waals surface area contributed by atoms with Crippen molar-refractivity contribution in [3.05, 3.63) is 157 Å². The summed E-state index contributed by atoms with van der Waals surface area (Å²) in [5, 5.41) is 0. The number of benzene rings is 4. The zero-order valence-electron chi connectivity index (χ0n) is 39.0. The molecular formula is C55H69Cl4Zr2. The predicted molar refractivity (Wildman–Crippen MR) is 273 cm³/mol. The number of hydrogen-bond donors (Lipinski definition) is 0. The van der Waals surface area contributed by atoms with Crippen LogP contribution in [0, 0.1) is 5.41 Å². The van der Waals surface area contributed by atoms with Crippen LogP contribution in [0.1, 0.15) is 156 Å². The van der Waals surface area contributed by atoms with Gasteiger partial charge in [0, 0.05) is 0 Å². The third-order valence-electron chi connectivity index (χ3n) is 12.6. The zero-order chi connectivity index (χ0) is 41.2. The summed E-state index contributed by atoms with van der Waals surface area (Å²) < 4.78 is 6.39. The normalized spacial score (nSPS) is 15.8. The Bertz CT molecular complexity index is 2420. The van der Waals surface area contributed by atoms with Gasteiger partial charge < -0.3 is 0 Å². The van der Waals surface area contributed by atoms with Crippen molar-refractivity contribution in [2.45, 2.75) is 128 Å². The second kappa shape index (κ2) is 20.8. The van der Waals surface area contributed by atoms with Gasteiger partial charge >= 0.3 is 368 Å². The molecule has 1 atom stereocenters. The molecule has 0 saturated heterocycles. The van der Waals surface area contributed by atoms with Crippen LogP contribution in [-0.2, 0) is 54.8 Å². The summed E-state index contributed by atoms with van der Waals surface area (Å²) in [6.07, 6.45) is 11.7. The summed E-state index contributed by atoms with van der Waals surface area (Å²) in [6.45, 7) is 33.0. The van der Waals surface area contributed by atoms with Gasteiger partial charge in [-0.1, -0.05) is 0 Å². The number of halogens is 4. The molecule has 6 heteroatoms. The number of hydrogen-bond acceptors (Lipinski definition) is 0. The molecule has 0 fully saturated rings. The van der Waals surface area contributed by atoms with E-state index in [-0.39, 0.29) is 65.9 Å². The average molecular weight is 1050 g/mol. The van der Waals surface area contributed by atoms with Crippen LogP contribution in [0.4, 0.5) is 0 Å². The van der Waals surface area contributed by atoms with Crippen LogP contribution >= 0.6 is 49.6 Å². The molecule has 0 saturated carbocycles. The number of fused-ring (bicyclic) bond motifs is 6. The minimum atomic E-state index is -1.87. The van der Waals surface area contributed by atoms with Crippen molar-refractivity contribution >= 4 is 61.6 Å². The zero-order valence-corrected chi connectivity index (χ0v) is 47.2. The average Bonchev–Trinajstić information content (AvgIpc) is 3.93. The third kappa shape index (κ3) is 11.0. The molecule has 4 aromatic carbocycles. The molecule has 0 radical (unpaired) electrons. The van der Waals surface area contributed by atoms with Gasteiger partial charge in [0.2, 0.25) is 0 Å². The Morgan fingerprint density at radius 1 is 0.607 bits per heavy atom. The molecule has 4 aromatic rings. The van der Waals surface area contributed by atoms with E-state index < -0.39 is 44.0 Å². The molecule has 325 valence electrons. The minimum Gasteiger partial charge on any atom is -0.147 e. The maximum absolute atomic E-state index is 2.57. The van der Waals surface area contributed by atoms with E-state index in [0.29, 0.717) is 7.25 Å². The van der Waals surface area contributed by atoms with Crippen molar-refractivity contribution in [2.75, 3.05) is 0 Å². The smallest absolute Gasteiger partial charge is 0.147 e. The standard InChI is InChI=1S/C31H39.C13H9.C5H5.2C3H6.4ClH.2Zr/c1-19-13-22(30(5,6)7)16-24(19)27-17-23(31(8,9)10)18-28-25-15-21(29(2,3)4)12-11-20(25)14-26(27)28;1-3-7-12-10(5-1)9-11-6-2-4-8-13(11)12;1-2-4-5-3-1;2*1-3-2;;;;;;/h11-15,17-18H,16H2,1-10H3;1-9H;1-3H,4H2;2*1-2H3;4*1H;;. The van der Waals surface area contributed by atoms with Gasteiger partial charge in [-0.25, -0.2) is 0 Å². The van der Waals surface area contributed by atoms with E-state index in [1.165, 1.54) is 45.4 Å². The summed E-state index contributed by atoms with van der Waals surface area (Å²) in [4.78, 5) is 0. The molecule has 0 bridgehead atoms. The first kappa shape index (κ1) is 53.8. The van der Waals surface area contributed by atoms with Crippen molar-refractivity contribution in [3.63, 3.8) is 0 Å². The van der Waals surface area contributed by atoms with Crippen LogP contribution in [0.25, 0.3) is 27.8 Å². The SMILES string of the molecule is C[C](C)=[Zr]([C]1=CC=CC1)[CH]1c2ccccc2-c2ccccc21.C[C](C)=[Zr][CH]1c2ccc(C(C)(C)C)cc2-c2cc(C(C)(C)C)cc(C3=C(C)C=C(C(C)(C)C)C3)c21.Cl.Cl.Cl.Cl. The van der Waals surface area contributed by atoms with Crippen LogP contribution in [0.5, 0.6) is 0 Å². The summed E-state index contributed by atoms with van der Waals surface area (Å²) in [5.74, 6) is 0. The molecule has 0 heterocycles. The van der Waals surface area contributed by atoms with Crippen molar-refractivity contribution < 1.29 is 44.0 Å². The van der Waals surface area contributed by atoms with Crippen LogP contribution in [0.2, 0.25) is 0 Å². The van der Waals surface area contributed by atoms with Crippen LogP contribution in [0.3, 0.4) is 0 Å². The summed E-state index contributed by atoms with van der Waals surface area (Å²) in [5.41, 5.74) is 21.9. The first-order chi connectivity index (χ1) is 26.8. The maximum atomic E-state index is 2.57. The Labute approximate surface area is 413 Å². The summed E-state index contributed by atoms with van der Waals surface area (Å²) >= 11 is -2.62. The second-order valence-corrected chi connectivity index (χ2v) is 32.5. The van der Waals surface area contributed by atoms with E-state index >= 15 is 0 Å². The molecule has 1 unspecified atom stereocenters. The van der Waals surface area contributed by atoms with Gasteiger partial charge in [-0.2, -0.15) is 0 Å². The molecule has 0 amide bonds. The Morgan fingerprint density at radius 3 is 1.62 bits per heavy atom. The van der Waals surface area contributed by atoms with Crippen LogP contribution in [0.15, 0.2) is 118 Å². The monoisotopic (exact) mass is 1050 g/mol. The molecule has 0 aromatic heterocycles. The van der Waals surface area contributed by atoms with Crippen LogP contribution < -0.4 is 0 Å². The minimum absolute atomic E-state index is 0. The van der Waals surface area contributed by atoms with E-state index in [1.807, 2.05) is 0 Å². The summed E-state index contributed by atoms with van der Waals surface area (Å²) in [6, 6.07) is 30.7. The first-order valence-corrected chi connectivity index (χ1v) is 27.8. The number of allylic oxidation sites excluding steroid dienone is 8. The Morgan fingerprint density at radius 2 is 1.15 bits per heavy atom. The molecule has 4 aliphatic carbocycles. The van der Waals surface area contributed by atoms with E-state index in [1.54, 1.807) is 48.7 Å². The molecule has 61 heavy (non-hydrogen) atoms. The predicted octanol–water partition coefficient (Wildman–Crippen LogP) is 16.9. The van der Waals surface area contributed by atoms with Gasteiger partial charge in [0.05, 0.1) is 0 Å². The Kier molecular flexibility index (Phi) is 18.3. The van der Waals surface area contributed by atoms with Gasteiger partial charge in [-0.15, -0.1) is 49.6 Å². The molecular weight excluding hydrogens is 985 g/mol. The fraction of sp³-hybridized carbons (Fsp3) is 0.382. The second-order valence-electron chi connectivity index (χ2n) is 20.5. The molecule has 8 rings (SSSR count). The van der Waals surface area contributed by atoms with E-state index in [0.717, 1.165) is 6.42 Å². The molecule has 0 aliphatic heterocycles. The van der Waals surface area contributed by atoms with Crippen molar-refractivity contribution in [2.24, 2.45) is 5.41 Å². The third-order valence-corrected chi connectivity index (χ3v) is 24.4. The van der Waals surface area contributed by atoms with Crippen LogP contribution in [-0.4, -0.2) is 6.41 Å². The molecule has 0 nitrogen and oxygen atoms in total. The first-order valence-electron chi connectivity index (χ1n) is 21.3.